The Morgan fingerprint density at radius 2 is 1.95 bits per heavy atom. The molecule has 1 saturated heterocycles. The maximum Gasteiger partial charge on any atom is 0.0628 e. The van der Waals surface area contributed by atoms with Crippen LogP contribution in [0.25, 0.3) is 0 Å². The van der Waals surface area contributed by atoms with E-state index in [-0.39, 0.29) is 5.54 Å². The summed E-state index contributed by atoms with van der Waals surface area (Å²) in [6, 6.07) is 0.817. The molecule has 2 N–H and O–H groups in total. The lowest BCUT2D eigenvalue weighted by Crippen LogP contribution is -2.59. The monoisotopic (exact) mass is 266 g/mol. The maximum absolute atomic E-state index is 9.99. The third-order valence-corrected chi connectivity index (χ3v) is 5.78. The molecule has 2 saturated carbocycles. The largest absolute Gasteiger partial charge is 0.394 e. The summed E-state index contributed by atoms with van der Waals surface area (Å²) in [5.74, 6) is 1.66. The molecule has 0 spiro atoms. The zero-order chi connectivity index (χ0) is 13.3. The van der Waals surface area contributed by atoms with Gasteiger partial charge in [0.25, 0.3) is 0 Å². The second-order valence-electron chi connectivity index (χ2n) is 6.99. The van der Waals surface area contributed by atoms with Gasteiger partial charge in [0.05, 0.1) is 12.1 Å². The summed E-state index contributed by atoms with van der Waals surface area (Å²) < 4.78 is 0. The summed E-state index contributed by atoms with van der Waals surface area (Å²) in [6.07, 6.45) is 9.68. The third-order valence-electron chi connectivity index (χ3n) is 5.78. The highest BCUT2D eigenvalue weighted by molar-refractivity contribution is 5.05. The Kier molecular flexibility index (Phi) is 4.16. The molecule has 3 atom stereocenters. The molecule has 0 bridgehead atoms. The number of fused-ring (bicyclic) bond motifs is 1. The van der Waals surface area contributed by atoms with Crippen molar-refractivity contribution < 1.29 is 5.11 Å². The molecule has 3 rings (SSSR count). The lowest BCUT2D eigenvalue weighted by atomic mass is 9.84. The van der Waals surface area contributed by atoms with Gasteiger partial charge < -0.3 is 10.4 Å². The van der Waals surface area contributed by atoms with E-state index in [1.54, 1.807) is 0 Å². The highest BCUT2D eigenvalue weighted by Gasteiger charge is 2.47. The number of hydrogen-bond donors (Lipinski definition) is 2. The van der Waals surface area contributed by atoms with E-state index < -0.39 is 0 Å². The van der Waals surface area contributed by atoms with Crippen LogP contribution < -0.4 is 5.32 Å². The standard InChI is InChI=1S/C16H30N2O/c1-2-17-16(12-19,14-7-8-14)11-18-10-9-13-5-3-4-6-15(13)18/h13-15,17,19H,2-12H2,1H3. The summed E-state index contributed by atoms with van der Waals surface area (Å²) in [5, 5.41) is 13.6. The van der Waals surface area contributed by atoms with Crippen LogP contribution in [0.1, 0.15) is 51.9 Å². The van der Waals surface area contributed by atoms with E-state index in [1.807, 2.05) is 0 Å². The lowest BCUT2D eigenvalue weighted by molar-refractivity contribution is 0.0736. The minimum Gasteiger partial charge on any atom is -0.394 e. The molecule has 19 heavy (non-hydrogen) atoms. The molecule has 3 fully saturated rings. The average Bonchev–Trinajstić information content (AvgIpc) is 3.22. The number of nitrogens with zero attached hydrogens (tertiary/aromatic N) is 1. The zero-order valence-electron chi connectivity index (χ0n) is 12.4. The first-order valence-electron chi connectivity index (χ1n) is 8.39. The predicted octanol–water partition coefficient (Wildman–Crippen LogP) is 2.00. The van der Waals surface area contributed by atoms with Crippen molar-refractivity contribution in [1.82, 2.24) is 10.2 Å². The van der Waals surface area contributed by atoms with Crippen molar-refractivity contribution in [2.24, 2.45) is 11.8 Å². The van der Waals surface area contributed by atoms with E-state index in [0.29, 0.717) is 12.5 Å². The second-order valence-corrected chi connectivity index (χ2v) is 6.99. The summed E-state index contributed by atoms with van der Waals surface area (Å²) >= 11 is 0. The molecule has 3 heteroatoms. The lowest BCUT2D eigenvalue weighted by Gasteiger charge is -2.40. The molecule has 0 amide bonds. The fourth-order valence-electron chi connectivity index (χ4n) is 4.61. The van der Waals surface area contributed by atoms with Crippen LogP contribution in [0.15, 0.2) is 0 Å². The fraction of sp³-hybridized carbons (Fsp3) is 1.00. The second kappa shape index (κ2) is 5.71. The van der Waals surface area contributed by atoms with Gasteiger partial charge >= 0.3 is 0 Å². The van der Waals surface area contributed by atoms with Crippen molar-refractivity contribution in [1.29, 1.82) is 0 Å². The van der Waals surface area contributed by atoms with Gasteiger partial charge in [-0.25, -0.2) is 0 Å². The van der Waals surface area contributed by atoms with E-state index in [9.17, 15) is 5.11 Å². The van der Waals surface area contributed by atoms with Gasteiger partial charge in [-0.3, -0.25) is 4.90 Å². The molecule has 3 nitrogen and oxygen atoms in total. The summed E-state index contributed by atoms with van der Waals surface area (Å²) in [6.45, 7) is 5.77. The fourth-order valence-corrected chi connectivity index (χ4v) is 4.61. The van der Waals surface area contributed by atoms with Crippen LogP contribution in [0.5, 0.6) is 0 Å². The molecule has 0 aromatic rings. The van der Waals surface area contributed by atoms with Crippen molar-refractivity contribution in [3.8, 4) is 0 Å². The van der Waals surface area contributed by atoms with Crippen LogP contribution in [0.3, 0.4) is 0 Å². The van der Waals surface area contributed by atoms with Crippen LogP contribution in [-0.4, -0.2) is 47.8 Å². The van der Waals surface area contributed by atoms with Gasteiger partial charge in [-0.2, -0.15) is 0 Å². The Balaban J connectivity index is 1.67. The third kappa shape index (κ3) is 2.70. The molecular formula is C16H30N2O. The number of rotatable bonds is 6. The Morgan fingerprint density at radius 1 is 1.16 bits per heavy atom. The van der Waals surface area contributed by atoms with Crippen LogP contribution in [0, 0.1) is 11.8 Å². The highest BCUT2D eigenvalue weighted by Crippen LogP contribution is 2.43. The number of aliphatic hydroxyl groups excluding tert-OH is 1. The molecule has 3 aliphatic rings. The van der Waals surface area contributed by atoms with Crippen molar-refractivity contribution in [2.45, 2.75) is 63.5 Å². The maximum atomic E-state index is 9.99. The van der Waals surface area contributed by atoms with E-state index in [0.717, 1.165) is 25.0 Å². The van der Waals surface area contributed by atoms with Crippen molar-refractivity contribution >= 4 is 0 Å². The Bertz CT molecular complexity index is 305. The van der Waals surface area contributed by atoms with Crippen molar-refractivity contribution in [2.75, 3.05) is 26.2 Å². The first kappa shape index (κ1) is 13.8. The Morgan fingerprint density at radius 3 is 2.63 bits per heavy atom. The van der Waals surface area contributed by atoms with Gasteiger partial charge in [-0.15, -0.1) is 0 Å². The quantitative estimate of drug-likeness (QED) is 0.772. The van der Waals surface area contributed by atoms with Gasteiger partial charge in [0.15, 0.2) is 0 Å². The average molecular weight is 266 g/mol. The van der Waals surface area contributed by atoms with E-state index in [1.165, 1.54) is 51.5 Å². The molecule has 0 aromatic heterocycles. The highest BCUT2D eigenvalue weighted by atomic mass is 16.3. The van der Waals surface area contributed by atoms with Gasteiger partial charge in [-0.1, -0.05) is 19.8 Å². The van der Waals surface area contributed by atoms with Crippen molar-refractivity contribution in [3.05, 3.63) is 0 Å². The molecule has 3 unspecified atom stereocenters. The molecule has 1 aliphatic heterocycles. The van der Waals surface area contributed by atoms with Gasteiger partial charge in [-0.05, 0) is 57.0 Å². The topological polar surface area (TPSA) is 35.5 Å². The minimum absolute atomic E-state index is 0.0128. The normalized spacial score (nSPS) is 35.1. The number of aliphatic hydroxyl groups is 1. The first-order valence-corrected chi connectivity index (χ1v) is 8.39. The summed E-state index contributed by atoms with van der Waals surface area (Å²) in [4.78, 5) is 2.71. The van der Waals surface area contributed by atoms with Crippen LogP contribution >= 0.6 is 0 Å². The summed E-state index contributed by atoms with van der Waals surface area (Å²) in [7, 11) is 0. The number of likely N-dealkylation sites (tertiary alicyclic amines) is 1. The van der Waals surface area contributed by atoms with Crippen LogP contribution in [0.4, 0.5) is 0 Å². The minimum atomic E-state index is -0.0128. The molecule has 0 aromatic carbocycles. The number of likely N-dealkylation sites (N-methyl/N-ethyl adjacent to an activating group) is 1. The van der Waals surface area contributed by atoms with Crippen molar-refractivity contribution in [3.63, 3.8) is 0 Å². The van der Waals surface area contributed by atoms with E-state index in [4.69, 9.17) is 0 Å². The van der Waals surface area contributed by atoms with E-state index in [2.05, 4.69) is 17.1 Å². The Hall–Kier alpha value is -0.120. The van der Waals surface area contributed by atoms with Crippen LogP contribution in [0.2, 0.25) is 0 Å². The first-order chi connectivity index (χ1) is 9.29. The molecule has 110 valence electrons. The SMILES string of the molecule is CCNC(CO)(CN1CCC2CCCCC21)C1CC1. The summed E-state index contributed by atoms with van der Waals surface area (Å²) in [5.41, 5.74) is -0.0128. The molecule has 1 heterocycles. The van der Waals surface area contributed by atoms with Gasteiger partial charge in [0, 0.05) is 12.6 Å². The van der Waals surface area contributed by atoms with Gasteiger partial charge in [0.2, 0.25) is 0 Å². The Labute approximate surface area is 117 Å². The van der Waals surface area contributed by atoms with Gasteiger partial charge in [0.1, 0.15) is 0 Å². The molecular weight excluding hydrogens is 236 g/mol. The molecule has 2 aliphatic carbocycles. The smallest absolute Gasteiger partial charge is 0.0628 e. The van der Waals surface area contributed by atoms with E-state index >= 15 is 0 Å². The molecule has 0 radical (unpaired) electrons. The number of hydrogen-bond acceptors (Lipinski definition) is 3. The predicted molar refractivity (Wildman–Crippen MR) is 78.2 cm³/mol. The van der Waals surface area contributed by atoms with Crippen LogP contribution in [-0.2, 0) is 0 Å². The number of nitrogens with one attached hydrogen (secondary N) is 1. The zero-order valence-corrected chi connectivity index (χ0v) is 12.4.